The summed E-state index contributed by atoms with van der Waals surface area (Å²) in [5, 5.41) is 5.01. The molecular weight excluding hydrogens is 336 g/mol. The Balaban J connectivity index is 1.51. The normalized spacial score (nSPS) is 16.6. The molecule has 0 saturated carbocycles. The minimum absolute atomic E-state index is 0.0818. The van der Waals surface area contributed by atoms with Gasteiger partial charge >= 0.3 is 0 Å². The zero-order valence-electron chi connectivity index (χ0n) is 13.4. The predicted molar refractivity (Wildman–Crippen MR) is 99.8 cm³/mol. The number of nitrogens with zero attached hydrogens (tertiary/aromatic N) is 2. The Morgan fingerprint density at radius 3 is 2.88 bits per heavy atom. The molecule has 0 bridgehead atoms. The fourth-order valence-corrected chi connectivity index (χ4v) is 4.85. The summed E-state index contributed by atoms with van der Waals surface area (Å²) in [6.07, 6.45) is 4.72. The highest BCUT2D eigenvalue weighted by Crippen LogP contribution is 2.29. The van der Waals surface area contributed by atoms with Gasteiger partial charge in [0.2, 0.25) is 0 Å². The number of aromatic nitrogens is 1. The number of fused-ring (bicyclic) bond motifs is 1. The van der Waals surface area contributed by atoms with Gasteiger partial charge in [-0.2, -0.15) is 11.3 Å². The summed E-state index contributed by atoms with van der Waals surface area (Å²) >= 11 is 3.13. The third kappa shape index (κ3) is 2.89. The van der Waals surface area contributed by atoms with Crippen LogP contribution in [0.1, 0.15) is 27.2 Å². The van der Waals surface area contributed by atoms with E-state index in [1.54, 1.807) is 17.5 Å². The van der Waals surface area contributed by atoms with E-state index in [-0.39, 0.29) is 11.9 Å². The second-order valence-electron chi connectivity index (χ2n) is 6.12. The van der Waals surface area contributed by atoms with Crippen molar-refractivity contribution < 1.29 is 4.79 Å². The number of hydrogen-bond donors (Lipinski definition) is 0. The van der Waals surface area contributed by atoms with Gasteiger partial charge in [-0.05, 0) is 41.8 Å². The van der Waals surface area contributed by atoms with Crippen LogP contribution in [0.2, 0.25) is 0 Å². The lowest BCUT2D eigenvalue weighted by molar-refractivity contribution is 0.0723. The lowest BCUT2D eigenvalue weighted by atomic mass is 9.87. The number of hydrogen-bond acceptors (Lipinski definition) is 4. The Labute approximate surface area is 149 Å². The quantitative estimate of drug-likeness (QED) is 0.694. The molecule has 0 aliphatic heterocycles. The predicted octanol–water partition coefficient (Wildman–Crippen LogP) is 4.50. The van der Waals surface area contributed by atoms with E-state index in [9.17, 15) is 4.79 Å². The molecule has 1 atom stereocenters. The smallest absolute Gasteiger partial charge is 0.265 e. The van der Waals surface area contributed by atoms with Gasteiger partial charge in [0.05, 0.1) is 6.20 Å². The van der Waals surface area contributed by atoms with Crippen LogP contribution in [0.4, 0.5) is 0 Å². The summed E-state index contributed by atoms with van der Waals surface area (Å²) in [6, 6.07) is 10.9. The van der Waals surface area contributed by atoms with Crippen LogP contribution in [0.3, 0.4) is 0 Å². The molecule has 3 aromatic rings. The molecule has 1 aromatic carbocycles. The van der Waals surface area contributed by atoms with Crippen LogP contribution in [-0.2, 0) is 12.8 Å². The average molecular weight is 355 g/mol. The van der Waals surface area contributed by atoms with Crippen molar-refractivity contribution in [2.75, 3.05) is 7.05 Å². The van der Waals surface area contributed by atoms with E-state index in [0.29, 0.717) is 0 Å². The first-order valence-electron chi connectivity index (χ1n) is 8.04. The van der Waals surface area contributed by atoms with Gasteiger partial charge < -0.3 is 4.90 Å². The number of rotatable bonds is 3. The standard InChI is InChI=1S/C19H18N2OS2/c1-21(16-7-6-13-4-2-3-5-14(13)10-16)19(22)17-11-20-18(24-17)15-8-9-23-12-15/h2-5,8-9,11-12,16H,6-7,10H2,1H3/t16-/m0/s1. The number of carbonyl (C=O) groups excluding carboxylic acids is 1. The van der Waals surface area contributed by atoms with E-state index >= 15 is 0 Å². The van der Waals surface area contributed by atoms with Crippen LogP contribution < -0.4 is 0 Å². The molecule has 0 spiro atoms. The Morgan fingerprint density at radius 2 is 2.08 bits per heavy atom. The molecular formula is C19H18N2OS2. The van der Waals surface area contributed by atoms with Crippen LogP contribution in [-0.4, -0.2) is 28.9 Å². The van der Waals surface area contributed by atoms with Crippen LogP contribution in [0.5, 0.6) is 0 Å². The maximum Gasteiger partial charge on any atom is 0.265 e. The van der Waals surface area contributed by atoms with Crippen molar-refractivity contribution in [3.05, 3.63) is 63.3 Å². The first kappa shape index (κ1) is 15.5. The second kappa shape index (κ2) is 6.49. The van der Waals surface area contributed by atoms with Crippen LogP contribution in [0, 0.1) is 0 Å². The lowest BCUT2D eigenvalue weighted by Crippen LogP contribution is -2.40. The van der Waals surface area contributed by atoms with Gasteiger partial charge in [-0.1, -0.05) is 24.3 Å². The van der Waals surface area contributed by atoms with E-state index in [4.69, 9.17) is 0 Å². The number of carbonyl (C=O) groups is 1. The fraction of sp³-hybridized carbons (Fsp3) is 0.263. The van der Waals surface area contributed by atoms with E-state index in [1.165, 1.54) is 22.5 Å². The monoisotopic (exact) mass is 354 g/mol. The second-order valence-corrected chi connectivity index (χ2v) is 7.93. The number of thiophene rings is 1. The molecule has 2 aromatic heterocycles. The van der Waals surface area contributed by atoms with Gasteiger partial charge in [0.15, 0.2) is 0 Å². The lowest BCUT2D eigenvalue weighted by Gasteiger charge is -2.32. The summed E-state index contributed by atoms with van der Waals surface area (Å²) in [6.45, 7) is 0. The zero-order valence-corrected chi connectivity index (χ0v) is 15.1. The number of aryl methyl sites for hydroxylation is 1. The number of benzene rings is 1. The zero-order chi connectivity index (χ0) is 16.5. The summed E-state index contributed by atoms with van der Waals surface area (Å²) < 4.78 is 0. The molecule has 24 heavy (non-hydrogen) atoms. The van der Waals surface area contributed by atoms with E-state index in [0.717, 1.165) is 34.7 Å². The summed E-state index contributed by atoms with van der Waals surface area (Å²) in [5.41, 5.74) is 3.89. The maximum absolute atomic E-state index is 12.8. The topological polar surface area (TPSA) is 33.2 Å². The minimum atomic E-state index is 0.0818. The van der Waals surface area contributed by atoms with E-state index in [2.05, 4.69) is 34.6 Å². The Morgan fingerprint density at radius 1 is 1.25 bits per heavy atom. The SMILES string of the molecule is CN(C(=O)c1cnc(-c2ccsc2)s1)[C@H]1CCc2ccccc2C1. The Hall–Kier alpha value is -1.98. The summed E-state index contributed by atoms with van der Waals surface area (Å²) in [5.74, 6) is 0.0818. The molecule has 5 heteroatoms. The molecule has 0 unspecified atom stereocenters. The highest BCUT2D eigenvalue weighted by Gasteiger charge is 2.26. The molecule has 1 aliphatic carbocycles. The van der Waals surface area contributed by atoms with Crippen LogP contribution in [0.25, 0.3) is 10.6 Å². The first-order valence-corrected chi connectivity index (χ1v) is 9.80. The van der Waals surface area contributed by atoms with Gasteiger partial charge in [0, 0.05) is 24.0 Å². The maximum atomic E-state index is 12.8. The van der Waals surface area contributed by atoms with E-state index in [1.807, 2.05) is 23.4 Å². The largest absolute Gasteiger partial charge is 0.338 e. The van der Waals surface area contributed by atoms with Crippen molar-refractivity contribution in [1.82, 2.24) is 9.88 Å². The molecule has 0 saturated heterocycles. The van der Waals surface area contributed by atoms with Crippen molar-refractivity contribution in [3.8, 4) is 10.6 Å². The molecule has 122 valence electrons. The number of likely N-dealkylation sites (N-methyl/N-ethyl adjacent to an activating group) is 1. The molecule has 0 fully saturated rings. The highest BCUT2D eigenvalue weighted by molar-refractivity contribution is 7.17. The Kier molecular flexibility index (Phi) is 4.21. The molecule has 4 rings (SSSR count). The van der Waals surface area contributed by atoms with Crippen LogP contribution >= 0.6 is 22.7 Å². The minimum Gasteiger partial charge on any atom is -0.338 e. The molecule has 1 amide bonds. The molecule has 2 heterocycles. The highest BCUT2D eigenvalue weighted by atomic mass is 32.1. The van der Waals surface area contributed by atoms with Crippen molar-refractivity contribution in [2.24, 2.45) is 0 Å². The van der Waals surface area contributed by atoms with Gasteiger partial charge in [-0.3, -0.25) is 4.79 Å². The number of thiazole rings is 1. The molecule has 3 nitrogen and oxygen atoms in total. The van der Waals surface area contributed by atoms with Crippen LogP contribution in [0.15, 0.2) is 47.3 Å². The molecule has 0 radical (unpaired) electrons. The van der Waals surface area contributed by atoms with Gasteiger partial charge in [0.25, 0.3) is 5.91 Å². The van der Waals surface area contributed by atoms with Crippen molar-refractivity contribution in [3.63, 3.8) is 0 Å². The van der Waals surface area contributed by atoms with E-state index < -0.39 is 0 Å². The third-order valence-corrected chi connectivity index (χ3v) is 6.39. The Bertz CT molecular complexity index is 854. The average Bonchev–Trinajstić information content (AvgIpc) is 3.31. The van der Waals surface area contributed by atoms with Crippen molar-refractivity contribution in [2.45, 2.75) is 25.3 Å². The van der Waals surface area contributed by atoms with Gasteiger partial charge in [-0.15, -0.1) is 11.3 Å². The fourth-order valence-electron chi connectivity index (χ4n) is 3.24. The first-order chi connectivity index (χ1) is 11.7. The van der Waals surface area contributed by atoms with Gasteiger partial charge in [-0.25, -0.2) is 4.98 Å². The van der Waals surface area contributed by atoms with Crippen molar-refractivity contribution in [1.29, 1.82) is 0 Å². The number of amides is 1. The van der Waals surface area contributed by atoms with Crippen molar-refractivity contribution >= 4 is 28.6 Å². The third-order valence-electron chi connectivity index (χ3n) is 4.67. The van der Waals surface area contributed by atoms with Gasteiger partial charge in [0.1, 0.15) is 9.88 Å². The summed E-state index contributed by atoms with van der Waals surface area (Å²) in [7, 11) is 1.92. The molecule has 1 aliphatic rings. The molecule has 0 N–H and O–H groups in total. The summed E-state index contributed by atoms with van der Waals surface area (Å²) in [4.78, 5) is 19.9.